The molecule has 0 aliphatic carbocycles. The average Bonchev–Trinajstić information content (AvgIpc) is 2.60. The fraction of sp³-hybridized carbons (Fsp3) is 0.625. The summed E-state index contributed by atoms with van der Waals surface area (Å²) in [7, 11) is 0. The number of amides is 1. The largest absolute Gasteiger partial charge is 0.345 e. The SMILES string of the molecule is O=C(NCC(F)F)c1cn(C2CNC2)nn1. The van der Waals surface area contributed by atoms with Gasteiger partial charge >= 0.3 is 0 Å². The molecule has 16 heavy (non-hydrogen) atoms. The van der Waals surface area contributed by atoms with Crippen molar-refractivity contribution < 1.29 is 13.6 Å². The molecule has 8 heteroatoms. The second-order valence-corrected chi connectivity index (χ2v) is 3.50. The van der Waals surface area contributed by atoms with Crippen LogP contribution >= 0.6 is 0 Å². The van der Waals surface area contributed by atoms with E-state index in [1.54, 1.807) is 4.68 Å². The van der Waals surface area contributed by atoms with Crippen LogP contribution in [0, 0.1) is 0 Å². The van der Waals surface area contributed by atoms with Crippen LogP contribution in [-0.2, 0) is 0 Å². The van der Waals surface area contributed by atoms with E-state index in [0.29, 0.717) is 0 Å². The quantitative estimate of drug-likeness (QED) is 0.727. The number of halogens is 2. The summed E-state index contributed by atoms with van der Waals surface area (Å²) in [4.78, 5) is 11.3. The highest BCUT2D eigenvalue weighted by atomic mass is 19.3. The van der Waals surface area contributed by atoms with Gasteiger partial charge in [-0.3, -0.25) is 4.79 Å². The monoisotopic (exact) mass is 231 g/mol. The molecule has 2 rings (SSSR count). The molecule has 0 aromatic carbocycles. The normalized spacial score (nSPS) is 16.2. The van der Waals surface area contributed by atoms with Gasteiger partial charge in [0.1, 0.15) is 0 Å². The number of alkyl halides is 2. The Balaban J connectivity index is 1.92. The molecule has 6 nitrogen and oxygen atoms in total. The first-order chi connectivity index (χ1) is 7.66. The number of carbonyl (C=O) groups is 1. The maximum absolute atomic E-state index is 11.8. The van der Waals surface area contributed by atoms with Gasteiger partial charge in [-0.1, -0.05) is 5.21 Å². The summed E-state index contributed by atoms with van der Waals surface area (Å²) in [5.41, 5.74) is 0.0625. The van der Waals surface area contributed by atoms with Crippen molar-refractivity contribution in [2.24, 2.45) is 0 Å². The number of hydrogen-bond acceptors (Lipinski definition) is 4. The van der Waals surface area contributed by atoms with Gasteiger partial charge in [0.25, 0.3) is 12.3 Å². The highest BCUT2D eigenvalue weighted by Gasteiger charge is 2.21. The van der Waals surface area contributed by atoms with Crippen LogP contribution in [-0.4, -0.2) is 47.0 Å². The Bertz CT molecular complexity index is 376. The number of carbonyl (C=O) groups excluding carboxylic acids is 1. The fourth-order valence-electron chi connectivity index (χ4n) is 1.28. The minimum atomic E-state index is -2.56. The summed E-state index contributed by atoms with van der Waals surface area (Å²) in [6, 6.07) is 0.198. The van der Waals surface area contributed by atoms with Crippen LogP contribution < -0.4 is 10.6 Å². The first kappa shape index (κ1) is 10.9. The van der Waals surface area contributed by atoms with Gasteiger partial charge in [0.2, 0.25) is 0 Å². The van der Waals surface area contributed by atoms with E-state index in [9.17, 15) is 13.6 Å². The van der Waals surface area contributed by atoms with E-state index < -0.39 is 18.9 Å². The smallest absolute Gasteiger partial charge is 0.273 e. The Morgan fingerprint density at radius 3 is 3.00 bits per heavy atom. The van der Waals surface area contributed by atoms with Crippen molar-refractivity contribution >= 4 is 5.91 Å². The van der Waals surface area contributed by atoms with Gasteiger partial charge in [0.15, 0.2) is 5.69 Å². The fourth-order valence-corrected chi connectivity index (χ4v) is 1.28. The molecule has 0 bridgehead atoms. The third kappa shape index (κ3) is 2.32. The van der Waals surface area contributed by atoms with E-state index in [0.717, 1.165) is 13.1 Å². The molecule has 1 saturated heterocycles. The maximum Gasteiger partial charge on any atom is 0.273 e. The van der Waals surface area contributed by atoms with Gasteiger partial charge in [-0.2, -0.15) is 0 Å². The summed E-state index contributed by atoms with van der Waals surface area (Å²) >= 11 is 0. The van der Waals surface area contributed by atoms with E-state index in [1.807, 2.05) is 0 Å². The summed E-state index contributed by atoms with van der Waals surface area (Å²) < 4.78 is 25.3. The lowest BCUT2D eigenvalue weighted by molar-refractivity contribution is 0.0887. The first-order valence-corrected chi connectivity index (χ1v) is 4.85. The summed E-state index contributed by atoms with van der Waals surface area (Å²) in [6.45, 7) is 0.888. The van der Waals surface area contributed by atoms with Crippen LogP contribution in [0.25, 0.3) is 0 Å². The van der Waals surface area contributed by atoms with Gasteiger partial charge in [-0.15, -0.1) is 5.10 Å². The van der Waals surface area contributed by atoms with Crippen molar-refractivity contribution in [2.45, 2.75) is 12.5 Å². The van der Waals surface area contributed by atoms with Crippen LogP contribution in [0.3, 0.4) is 0 Å². The lowest BCUT2D eigenvalue weighted by Gasteiger charge is -2.26. The Kier molecular flexibility index (Phi) is 3.09. The Hall–Kier alpha value is -1.57. The van der Waals surface area contributed by atoms with Crippen molar-refractivity contribution in [2.75, 3.05) is 19.6 Å². The van der Waals surface area contributed by atoms with E-state index in [1.165, 1.54) is 6.20 Å². The maximum atomic E-state index is 11.8. The summed E-state index contributed by atoms with van der Waals surface area (Å²) in [5, 5.41) is 12.5. The van der Waals surface area contributed by atoms with Crippen LogP contribution in [0.15, 0.2) is 6.20 Å². The van der Waals surface area contributed by atoms with Crippen molar-refractivity contribution in [3.8, 4) is 0 Å². The second kappa shape index (κ2) is 4.52. The summed E-state index contributed by atoms with van der Waals surface area (Å²) in [6.07, 6.45) is -1.10. The first-order valence-electron chi connectivity index (χ1n) is 4.85. The highest BCUT2D eigenvalue weighted by molar-refractivity contribution is 5.91. The van der Waals surface area contributed by atoms with Gasteiger partial charge in [-0.05, 0) is 0 Å². The lowest BCUT2D eigenvalue weighted by atomic mass is 10.2. The van der Waals surface area contributed by atoms with E-state index in [4.69, 9.17) is 0 Å². The number of rotatable bonds is 4. The van der Waals surface area contributed by atoms with Crippen molar-refractivity contribution in [3.05, 3.63) is 11.9 Å². The average molecular weight is 231 g/mol. The van der Waals surface area contributed by atoms with Crippen LogP contribution in [0.4, 0.5) is 8.78 Å². The number of aromatic nitrogens is 3. The predicted molar refractivity (Wildman–Crippen MR) is 50.3 cm³/mol. The molecule has 1 fully saturated rings. The molecule has 0 atom stereocenters. The molecule has 2 N–H and O–H groups in total. The van der Waals surface area contributed by atoms with Crippen LogP contribution in [0.5, 0.6) is 0 Å². The molecule has 0 unspecified atom stereocenters. The molecule has 1 aliphatic heterocycles. The van der Waals surface area contributed by atoms with E-state index in [2.05, 4.69) is 20.9 Å². The van der Waals surface area contributed by atoms with Crippen molar-refractivity contribution in [3.63, 3.8) is 0 Å². The zero-order chi connectivity index (χ0) is 11.5. The molecule has 1 aliphatic rings. The number of hydrogen-bond donors (Lipinski definition) is 2. The summed E-state index contributed by atoms with van der Waals surface area (Å²) in [5.74, 6) is -0.626. The lowest BCUT2D eigenvalue weighted by Crippen LogP contribution is -2.43. The molecule has 0 spiro atoms. The van der Waals surface area contributed by atoms with Gasteiger partial charge in [0, 0.05) is 13.1 Å². The topological polar surface area (TPSA) is 71.8 Å². The van der Waals surface area contributed by atoms with Gasteiger partial charge < -0.3 is 10.6 Å². The second-order valence-electron chi connectivity index (χ2n) is 3.50. The molecule has 0 radical (unpaired) electrons. The molecule has 1 amide bonds. The number of nitrogens with zero attached hydrogens (tertiary/aromatic N) is 3. The molecule has 1 aromatic rings. The van der Waals surface area contributed by atoms with Crippen molar-refractivity contribution in [1.82, 2.24) is 25.6 Å². The molecule has 0 saturated carbocycles. The van der Waals surface area contributed by atoms with E-state index >= 15 is 0 Å². The Morgan fingerprint density at radius 2 is 2.44 bits per heavy atom. The number of nitrogens with one attached hydrogen (secondary N) is 2. The molecule has 1 aromatic heterocycles. The zero-order valence-electron chi connectivity index (χ0n) is 8.36. The predicted octanol–water partition coefficient (Wildman–Crippen LogP) is -0.583. The van der Waals surface area contributed by atoms with Crippen molar-refractivity contribution in [1.29, 1.82) is 0 Å². The van der Waals surface area contributed by atoms with Gasteiger partial charge in [-0.25, -0.2) is 13.5 Å². The molecule has 2 heterocycles. The highest BCUT2D eigenvalue weighted by Crippen LogP contribution is 2.09. The molecular formula is C8H11F2N5O. The standard InChI is InChI=1S/C8H11F2N5O/c9-7(10)3-12-8(16)6-4-15(14-13-6)5-1-11-2-5/h4-5,7,11H,1-3H2,(H,12,16). The third-order valence-electron chi connectivity index (χ3n) is 2.29. The third-order valence-corrected chi connectivity index (χ3v) is 2.29. The van der Waals surface area contributed by atoms with Gasteiger partial charge in [0.05, 0.1) is 18.8 Å². The van der Waals surface area contributed by atoms with E-state index in [-0.39, 0.29) is 11.7 Å². The molecular weight excluding hydrogens is 220 g/mol. The Morgan fingerprint density at radius 1 is 1.69 bits per heavy atom. The molecule has 88 valence electrons. The minimum absolute atomic E-state index is 0.0625. The van der Waals surface area contributed by atoms with Crippen LogP contribution in [0.1, 0.15) is 16.5 Å². The Labute approximate surface area is 90.0 Å². The van der Waals surface area contributed by atoms with Crippen LogP contribution in [0.2, 0.25) is 0 Å². The zero-order valence-corrected chi connectivity index (χ0v) is 8.36. The minimum Gasteiger partial charge on any atom is -0.345 e.